The number of hydrogen-bond acceptors (Lipinski definition) is 0. The Morgan fingerprint density at radius 3 is 2.33 bits per heavy atom. The van der Waals surface area contributed by atoms with Crippen LogP contribution >= 0.6 is 0 Å². The van der Waals surface area contributed by atoms with Crippen molar-refractivity contribution in [2.75, 3.05) is 0 Å². The van der Waals surface area contributed by atoms with Crippen LogP contribution in [0.2, 0.25) is 0 Å². The van der Waals surface area contributed by atoms with Crippen LogP contribution in [0.1, 0.15) is 52.4 Å². The first-order chi connectivity index (χ1) is 5.80. The molecule has 2 unspecified atom stereocenters. The average molecular weight is 164 g/mol. The zero-order chi connectivity index (χ0) is 8.81. The van der Waals surface area contributed by atoms with Gasteiger partial charge in [-0.15, -0.1) is 11.8 Å². The Bertz CT molecular complexity index is 170. The molecule has 0 spiro atoms. The summed E-state index contributed by atoms with van der Waals surface area (Å²) in [4.78, 5) is 0. The van der Waals surface area contributed by atoms with Crippen molar-refractivity contribution in [3.8, 4) is 11.8 Å². The van der Waals surface area contributed by atoms with Crippen molar-refractivity contribution in [2.45, 2.75) is 52.4 Å². The fraction of sp³-hybridized carbons (Fsp3) is 0.833. The SMILES string of the molecule is CC1CCC#CCCCCC1C. The second-order valence-corrected chi connectivity index (χ2v) is 4.09. The van der Waals surface area contributed by atoms with E-state index in [0.717, 1.165) is 24.7 Å². The van der Waals surface area contributed by atoms with Crippen molar-refractivity contribution >= 4 is 0 Å². The molecule has 68 valence electrons. The van der Waals surface area contributed by atoms with Crippen molar-refractivity contribution in [3.05, 3.63) is 0 Å². The molecule has 2 atom stereocenters. The van der Waals surface area contributed by atoms with Gasteiger partial charge in [0.25, 0.3) is 0 Å². The zero-order valence-corrected chi connectivity index (χ0v) is 8.40. The highest BCUT2D eigenvalue weighted by atomic mass is 14.2. The van der Waals surface area contributed by atoms with Crippen LogP contribution in [-0.2, 0) is 0 Å². The van der Waals surface area contributed by atoms with Gasteiger partial charge in [0.15, 0.2) is 0 Å². The van der Waals surface area contributed by atoms with E-state index in [0.29, 0.717) is 0 Å². The van der Waals surface area contributed by atoms with E-state index in [1.54, 1.807) is 0 Å². The third-order valence-electron chi connectivity index (χ3n) is 3.03. The lowest BCUT2D eigenvalue weighted by molar-refractivity contribution is 0.337. The minimum absolute atomic E-state index is 0.873. The van der Waals surface area contributed by atoms with Gasteiger partial charge in [-0.2, -0.15) is 0 Å². The maximum Gasteiger partial charge on any atom is 0.00913 e. The van der Waals surface area contributed by atoms with E-state index in [1.807, 2.05) is 0 Å². The lowest BCUT2D eigenvalue weighted by atomic mass is 9.87. The summed E-state index contributed by atoms with van der Waals surface area (Å²) in [6.07, 6.45) is 7.63. The summed E-state index contributed by atoms with van der Waals surface area (Å²) in [6.45, 7) is 4.76. The second-order valence-electron chi connectivity index (χ2n) is 4.09. The first kappa shape index (κ1) is 9.65. The molecule has 0 radical (unpaired) electrons. The van der Waals surface area contributed by atoms with Gasteiger partial charge in [-0.3, -0.25) is 0 Å². The maximum absolute atomic E-state index is 3.26. The molecule has 0 saturated heterocycles. The molecule has 0 saturated carbocycles. The smallest absolute Gasteiger partial charge is 0.00913 e. The summed E-state index contributed by atoms with van der Waals surface area (Å²) in [5.74, 6) is 8.28. The number of rotatable bonds is 0. The Balaban J connectivity index is 2.40. The fourth-order valence-corrected chi connectivity index (χ4v) is 1.73. The van der Waals surface area contributed by atoms with Crippen molar-refractivity contribution < 1.29 is 0 Å². The highest BCUT2D eigenvalue weighted by Gasteiger charge is 2.11. The molecule has 0 heterocycles. The average Bonchev–Trinajstić information content (AvgIpc) is 2.08. The van der Waals surface area contributed by atoms with Crippen LogP contribution in [0.4, 0.5) is 0 Å². The van der Waals surface area contributed by atoms with Crippen LogP contribution in [0.15, 0.2) is 0 Å². The molecule has 1 aliphatic carbocycles. The van der Waals surface area contributed by atoms with Crippen molar-refractivity contribution in [1.29, 1.82) is 0 Å². The van der Waals surface area contributed by atoms with Gasteiger partial charge in [-0.25, -0.2) is 0 Å². The Hall–Kier alpha value is -0.440. The molecule has 1 rings (SSSR count). The molecule has 0 aromatic carbocycles. The molecular weight excluding hydrogens is 144 g/mol. The molecule has 12 heavy (non-hydrogen) atoms. The van der Waals surface area contributed by atoms with E-state index in [4.69, 9.17) is 0 Å². The standard InChI is InChI=1S/C12H20/c1-11-9-7-5-3-4-6-8-10-12(11)2/h11-12H,3,5,7-10H2,1-2H3. The van der Waals surface area contributed by atoms with Gasteiger partial charge in [0.1, 0.15) is 0 Å². The van der Waals surface area contributed by atoms with Crippen LogP contribution < -0.4 is 0 Å². The first-order valence-electron chi connectivity index (χ1n) is 5.26. The van der Waals surface area contributed by atoms with Crippen molar-refractivity contribution in [2.24, 2.45) is 11.8 Å². The van der Waals surface area contributed by atoms with Gasteiger partial charge in [-0.05, 0) is 24.7 Å². The molecule has 0 bridgehead atoms. The van der Waals surface area contributed by atoms with Gasteiger partial charge in [-0.1, -0.05) is 26.7 Å². The third-order valence-corrected chi connectivity index (χ3v) is 3.03. The summed E-state index contributed by atoms with van der Waals surface area (Å²) in [5.41, 5.74) is 0. The van der Waals surface area contributed by atoms with E-state index in [-0.39, 0.29) is 0 Å². The first-order valence-corrected chi connectivity index (χ1v) is 5.26. The summed E-state index contributed by atoms with van der Waals surface area (Å²) < 4.78 is 0. The van der Waals surface area contributed by atoms with Crippen LogP contribution in [0.5, 0.6) is 0 Å². The molecule has 1 aliphatic rings. The number of hydrogen-bond donors (Lipinski definition) is 0. The topological polar surface area (TPSA) is 0 Å². The van der Waals surface area contributed by atoms with Gasteiger partial charge in [0.2, 0.25) is 0 Å². The van der Waals surface area contributed by atoms with Crippen LogP contribution in [0, 0.1) is 23.7 Å². The van der Waals surface area contributed by atoms with E-state index >= 15 is 0 Å². The lowest BCUT2D eigenvalue weighted by Gasteiger charge is -2.19. The summed E-state index contributed by atoms with van der Waals surface area (Å²) in [5, 5.41) is 0. The minimum Gasteiger partial charge on any atom is -0.103 e. The van der Waals surface area contributed by atoms with Crippen molar-refractivity contribution in [1.82, 2.24) is 0 Å². The molecule has 0 fully saturated rings. The van der Waals surface area contributed by atoms with E-state index in [9.17, 15) is 0 Å². The molecule has 0 heteroatoms. The predicted molar refractivity (Wildman–Crippen MR) is 53.8 cm³/mol. The third kappa shape index (κ3) is 3.30. The summed E-state index contributed by atoms with van der Waals surface area (Å²) in [6, 6.07) is 0. The molecule has 0 aliphatic heterocycles. The van der Waals surface area contributed by atoms with Crippen molar-refractivity contribution in [3.63, 3.8) is 0 Å². The van der Waals surface area contributed by atoms with Gasteiger partial charge in [0.05, 0.1) is 0 Å². The molecule has 0 amide bonds. The largest absolute Gasteiger partial charge is 0.103 e. The monoisotopic (exact) mass is 164 g/mol. The second kappa shape index (κ2) is 5.25. The van der Waals surface area contributed by atoms with E-state index < -0.39 is 0 Å². The molecular formula is C12H20. The highest BCUT2D eigenvalue weighted by molar-refractivity contribution is 4.99. The summed E-state index contributed by atoms with van der Waals surface area (Å²) in [7, 11) is 0. The van der Waals surface area contributed by atoms with E-state index in [2.05, 4.69) is 25.7 Å². The lowest BCUT2D eigenvalue weighted by Crippen LogP contribution is -2.08. The van der Waals surface area contributed by atoms with Gasteiger partial charge >= 0.3 is 0 Å². The Morgan fingerprint density at radius 2 is 1.50 bits per heavy atom. The maximum atomic E-state index is 3.26. The molecule has 0 aromatic heterocycles. The Kier molecular flexibility index (Phi) is 4.22. The predicted octanol–water partition coefficient (Wildman–Crippen LogP) is 3.62. The fourth-order valence-electron chi connectivity index (χ4n) is 1.73. The zero-order valence-electron chi connectivity index (χ0n) is 8.40. The Labute approximate surface area is 76.7 Å². The van der Waals surface area contributed by atoms with Crippen LogP contribution in [-0.4, -0.2) is 0 Å². The Morgan fingerprint density at radius 1 is 0.833 bits per heavy atom. The molecule has 0 aromatic rings. The minimum atomic E-state index is 0.873. The highest BCUT2D eigenvalue weighted by Crippen LogP contribution is 2.22. The molecule has 0 N–H and O–H groups in total. The van der Waals surface area contributed by atoms with Gasteiger partial charge in [0, 0.05) is 12.8 Å². The molecule has 0 nitrogen and oxygen atoms in total. The quantitative estimate of drug-likeness (QED) is 0.480. The van der Waals surface area contributed by atoms with Crippen LogP contribution in [0.3, 0.4) is 0 Å². The normalized spacial score (nSPS) is 31.8. The summed E-state index contributed by atoms with van der Waals surface area (Å²) >= 11 is 0. The van der Waals surface area contributed by atoms with Crippen LogP contribution in [0.25, 0.3) is 0 Å². The van der Waals surface area contributed by atoms with Gasteiger partial charge < -0.3 is 0 Å². The van der Waals surface area contributed by atoms with E-state index in [1.165, 1.54) is 25.7 Å².